The largest absolute Gasteiger partial charge is 0.338 e. The molecule has 2 aliphatic rings. The number of rotatable bonds is 6. The summed E-state index contributed by atoms with van der Waals surface area (Å²) in [4.78, 5) is 29.3. The van der Waals surface area contributed by atoms with Gasteiger partial charge in [0, 0.05) is 18.8 Å². The Morgan fingerprint density at radius 1 is 1.07 bits per heavy atom. The lowest BCUT2D eigenvalue weighted by atomic mass is 9.94. The van der Waals surface area contributed by atoms with Gasteiger partial charge in [-0.3, -0.25) is 9.59 Å². The number of carbonyl (C=O) groups excluding carboxylic acids is 2. The van der Waals surface area contributed by atoms with Crippen LogP contribution in [0.15, 0.2) is 24.3 Å². The second-order valence-corrected chi connectivity index (χ2v) is 8.21. The number of likely N-dealkylation sites (N-methyl/N-ethyl adjacent to an activating group) is 1. The van der Waals surface area contributed by atoms with Gasteiger partial charge in [-0.15, -0.1) is 0 Å². The van der Waals surface area contributed by atoms with Gasteiger partial charge in [0.25, 0.3) is 11.8 Å². The lowest BCUT2D eigenvalue weighted by Crippen LogP contribution is -3.28. The molecule has 1 saturated carbocycles. The molecule has 1 aromatic rings. The standard InChI is InChI=1S/C21H31FN4O2/c1-24(19-8-3-2-4-9-19)21(28)16-26-12-10-25(11-13-26)15-20(27)23-18-7-5-6-17(22)14-18/h5-7,14,19H,2-4,8-13,15-16H2,1H3,(H,23,27)/p+2. The maximum atomic E-state index is 13.2. The van der Waals surface area contributed by atoms with E-state index in [0.717, 1.165) is 39.0 Å². The molecule has 1 aromatic carbocycles. The van der Waals surface area contributed by atoms with Gasteiger partial charge in [-0.2, -0.15) is 0 Å². The monoisotopic (exact) mass is 392 g/mol. The molecule has 154 valence electrons. The smallest absolute Gasteiger partial charge is 0.279 e. The molecule has 1 saturated heterocycles. The predicted molar refractivity (Wildman–Crippen MR) is 106 cm³/mol. The molecule has 0 bridgehead atoms. The van der Waals surface area contributed by atoms with Crippen molar-refractivity contribution in [1.82, 2.24) is 4.90 Å². The predicted octanol–water partition coefficient (Wildman–Crippen LogP) is -0.661. The van der Waals surface area contributed by atoms with Gasteiger partial charge in [0.2, 0.25) is 0 Å². The van der Waals surface area contributed by atoms with E-state index in [4.69, 9.17) is 0 Å². The molecule has 3 rings (SSSR count). The van der Waals surface area contributed by atoms with Crippen LogP contribution in [0.25, 0.3) is 0 Å². The maximum absolute atomic E-state index is 13.2. The van der Waals surface area contributed by atoms with Gasteiger partial charge >= 0.3 is 0 Å². The number of amides is 2. The molecule has 0 atom stereocenters. The number of hydrogen-bond acceptors (Lipinski definition) is 2. The van der Waals surface area contributed by atoms with Crippen LogP contribution in [0.5, 0.6) is 0 Å². The topological polar surface area (TPSA) is 58.3 Å². The second kappa shape index (κ2) is 9.98. The Morgan fingerprint density at radius 3 is 2.36 bits per heavy atom. The van der Waals surface area contributed by atoms with Crippen LogP contribution in [0.4, 0.5) is 10.1 Å². The van der Waals surface area contributed by atoms with E-state index in [1.807, 2.05) is 11.9 Å². The van der Waals surface area contributed by atoms with Gasteiger partial charge in [0.05, 0.1) is 0 Å². The summed E-state index contributed by atoms with van der Waals surface area (Å²) in [5, 5.41) is 2.76. The number of piperazine rings is 1. The number of halogens is 1. The van der Waals surface area contributed by atoms with Gasteiger partial charge in [-0.25, -0.2) is 4.39 Å². The van der Waals surface area contributed by atoms with Crippen LogP contribution in [0, 0.1) is 5.82 Å². The van der Waals surface area contributed by atoms with Gasteiger partial charge in [-0.05, 0) is 31.0 Å². The fraction of sp³-hybridized carbons (Fsp3) is 0.619. The summed E-state index contributed by atoms with van der Waals surface area (Å²) in [5.74, 6) is -0.212. The van der Waals surface area contributed by atoms with Crippen molar-refractivity contribution in [3.8, 4) is 0 Å². The molecule has 7 heteroatoms. The van der Waals surface area contributed by atoms with E-state index in [2.05, 4.69) is 5.32 Å². The number of quaternary nitrogens is 2. The molecule has 6 nitrogen and oxygen atoms in total. The highest BCUT2D eigenvalue weighted by Gasteiger charge is 2.29. The quantitative estimate of drug-likeness (QED) is 0.602. The summed E-state index contributed by atoms with van der Waals surface area (Å²) >= 11 is 0. The van der Waals surface area contributed by atoms with Crippen molar-refractivity contribution in [2.24, 2.45) is 0 Å². The molecule has 2 fully saturated rings. The summed E-state index contributed by atoms with van der Waals surface area (Å²) in [6.45, 7) is 4.45. The minimum atomic E-state index is -0.356. The van der Waals surface area contributed by atoms with Crippen LogP contribution in [-0.4, -0.2) is 69.1 Å². The molecule has 0 radical (unpaired) electrons. The summed E-state index contributed by atoms with van der Waals surface area (Å²) in [7, 11) is 1.95. The first-order chi connectivity index (χ1) is 13.5. The Morgan fingerprint density at radius 2 is 1.71 bits per heavy atom. The van der Waals surface area contributed by atoms with Crippen molar-refractivity contribution >= 4 is 17.5 Å². The van der Waals surface area contributed by atoms with E-state index in [9.17, 15) is 14.0 Å². The summed E-state index contributed by atoms with van der Waals surface area (Å²) in [6, 6.07) is 6.37. The number of hydrogen-bond donors (Lipinski definition) is 3. The average Bonchev–Trinajstić information content (AvgIpc) is 2.69. The van der Waals surface area contributed by atoms with Crippen LogP contribution < -0.4 is 15.1 Å². The van der Waals surface area contributed by atoms with E-state index in [1.165, 1.54) is 41.2 Å². The lowest BCUT2D eigenvalue weighted by molar-refractivity contribution is -1.00. The number of nitrogens with one attached hydrogen (secondary N) is 3. The fourth-order valence-corrected chi connectivity index (χ4v) is 4.32. The van der Waals surface area contributed by atoms with E-state index in [0.29, 0.717) is 24.8 Å². The molecule has 0 aromatic heterocycles. The van der Waals surface area contributed by atoms with Crippen LogP contribution in [-0.2, 0) is 9.59 Å². The normalized spacial score (nSPS) is 23.2. The molecular weight excluding hydrogens is 359 g/mol. The van der Waals surface area contributed by atoms with E-state index >= 15 is 0 Å². The summed E-state index contributed by atoms with van der Waals surface area (Å²) < 4.78 is 13.2. The SMILES string of the molecule is CN(C(=O)C[NH+]1CC[NH+](CC(=O)Nc2cccc(F)c2)CC1)C1CCCCC1. The molecule has 1 heterocycles. The van der Waals surface area contributed by atoms with Gasteiger partial charge in [0.1, 0.15) is 32.0 Å². The third-order valence-corrected chi connectivity index (χ3v) is 6.10. The molecule has 0 unspecified atom stereocenters. The van der Waals surface area contributed by atoms with Crippen LogP contribution >= 0.6 is 0 Å². The maximum Gasteiger partial charge on any atom is 0.279 e. The zero-order valence-corrected chi connectivity index (χ0v) is 16.8. The highest BCUT2D eigenvalue weighted by atomic mass is 19.1. The first kappa shape index (κ1) is 20.7. The summed E-state index contributed by atoms with van der Waals surface area (Å²) in [5.41, 5.74) is 0.491. The van der Waals surface area contributed by atoms with Gasteiger partial charge < -0.3 is 20.0 Å². The zero-order chi connectivity index (χ0) is 19.9. The van der Waals surface area contributed by atoms with E-state index < -0.39 is 0 Å². The molecule has 1 aliphatic heterocycles. The highest BCUT2D eigenvalue weighted by molar-refractivity contribution is 5.91. The van der Waals surface area contributed by atoms with Crippen molar-refractivity contribution in [2.45, 2.75) is 38.1 Å². The zero-order valence-electron chi connectivity index (χ0n) is 16.8. The van der Waals surface area contributed by atoms with Crippen molar-refractivity contribution < 1.29 is 23.8 Å². The third-order valence-electron chi connectivity index (χ3n) is 6.10. The molecule has 2 amide bonds. The Hall–Kier alpha value is -1.99. The second-order valence-electron chi connectivity index (χ2n) is 8.21. The summed E-state index contributed by atoms with van der Waals surface area (Å²) in [6.07, 6.45) is 6.02. The van der Waals surface area contributed by atoms with Gasteiger partial charge in [-0.1, -0.05) is 25.3 Å². The minimum absolute atomic E-state index is 0.0999. The van der Waals surface area contributed by atoms with E-state index in [1.54, 1.807) is 12.1 Å². The van der Waals surface area contributed by atoms with Crippen molar-refractivity contribution in [2.75, 3.05) is 51.6 Å². The number of anilines is 1. The number of nitrogens with zero attached hydrogens (tertiary/aromatic N) is 1. The van der Waals surface area contributed by atoms with Crippen molar-refractivity contribution in [1.29, 1.82) is 0 Å². The van der Waals surface area contributed by atoms with E-state index in [-0.39, 0.29) is 17.6 Å². The Kier molecular flexibility index (Phi) is 7.39. The highest BCUT2D eigenvalue weighted by Crippen LogP contribution is 2.21. The lowest BCUT2D eigenvalue weighted by Gasteiger charge is -2.33. The van der Waals surface area contributed by atoms with Crippen LogP contribution in [0.3, 0.4) is 0 Å². The third kappa shape index (κ3) is 6.01. The van der Waals surface area contributed by atoms with Crippen molar-refractivity contribution in [3.63, 3.8) is 0 Å². The Bertz CT molecular complexity index is 670. The number of carbonyl (C=O) groups is 2. The Labute approximate surface area is 166 Å². The average molecular weight is 393 g/mol. The minimum Gasteiger partial charge on any atom is -0.338 e. The molecule has 0 spiro atoms. The Balaban J connectivity index is 1.38. The first-order valence-corrected chi connectivity index (χ1v) is 10.5. The molecule has 1 aliphatic carbocycles. The first-order valence-electron chi connectivity index (χ1n) is 10.5. The molecular formula is C21H33FN4O2+2. The van der Waals surface area contributed by atoms with Crippen LogP contribution in [0.2, 0.25) is 0 Å². The van der Waals surface area contributed by atoms with Gasteiger partial charge in [0.15, 0.2) is 13.1 Å². The molecule has 28 heavy (non-hydrogen) atoms. The van der Waals surface area contributed by atoms with Crippen molar-refractivity contribution in [3.05, 3.63) is 30.1 Å². The fourth-order valence-electron chi connectivity index (χ4n) is 4.32. The number of benzene rings is 1. The van der Waals surface area contributed by atoms with Crippen LogP contribution in [0.1, 0.15) is 32.1 Å². The molecule has 3 N–H and O–H groups in total.